The molecule has 0 bridgehead atoms. The number of halogens is 1. The van der Waals surface area contributed by atoms with Crippen LogP contribution in [-0.2, 0) is 6.54 Å². The van der Waals surface area contributed by atoms with Crippen molar-refractivity contribution in [1.82, 2.24) is 4.57 Å². The molecule has 0 fully saturated rings. The van der Waals surface area contributed by atoms with Crippen LogP contribution >= 0.6 is 0 Å². The Bertz CT molecular complexity index is 714. The fraction of sp³-hybridized carbons (Fsp3) is 0.250. The van der Waals surface area contributed by atoms with E-state index in [2.05, 4.69) is 0 Å². The van der Waals surface area contributed by atoms with Crippen molar-refractivity contribution in [3.8, 4) is 17.3 Å². The second-order valence-electron chi connectivity index (χ2n) is 4.70. The van der Waals surface area contributed by atoms with Gasteiger partial charge in [-0.1, -0.05) is 0 Å². The zero-order chi connectivity index (χ0) is 15.2. The molecule has 1 heterocycles. The summed E-state index contributed by atoms with van der Waals surface area (Å²) >= 11 is 0. The molecule has 5 heteroatoms. The molecular weight excluding hydrogens is 269 g/mol. The molecule has 0 aliphatic carbocycles. The third-order valence-electron chi connectivity index (χ3n) is 3.27. The van der Waals surface area contributed by atoms with Gasteiger partial charge in [-0.2, -0.15) is 5.26 Å². The number of rotatable bonds is 5. The van der Waals surface area contributed by atoms with E-state index in [0.29, 0.717) is 18.8 Å². The standard InChI is InChI=1S/C16H16FN3O/c17-14-6-3-12(4-7-14)15-8-5-13(11-19)16(21)20(15)10-2-1-9-18/h3-8H,1-2,9-10,18H2. The average Bonchev–Trinajstić information content (AvgIpc) is 2.50. The lowest BCUT2D eigenvalue weighted by atomic mass is 10.1. The predicted octanol–water partition coefficient (Wildman–Crippen LogP) is 2.26. The van der Waals surface area contributed by atoms with Crippen LogP contribution in [0.5, 0.6) is 0 Å². The number of nitrogens with two attached hydrogens (primary N) is 1. The van der Waals surface area contributed by atoms with E-state index in [0.717, 1.165) is 18.4 Å². The van der Waals surface area contributed by atoms with Gasteiger partial charge in [0.05, 0.1) is 5.69 Å². The summed E-state index contributed by atoms with van der Waals surface area (Å²) in [5.74, 6) is -0.329. The first-order valence-corrected chi connectivity index (χ1v) is 6.77. The molecule has 21 heavy (non-hydrogen) atoms. The van der Waals surface area contributed by atoms with Gasteiger partial charge in [0, 0.05) is 6.54 Å². The minimum Gasteiger partial charge on any atom is -0.330 e. The average molecular weight is 285 g/mol. The second-order valence-corrected chi connectivity index (χ2v) is 4.70. The highest BCUT2D eigenvalue weighted by atomic mass is 19.1. The van der Waals surface area contributed by atoms with Crippen LogP contribution in [0.25, 0.3) is 11.3 Å². The molecule has 2 rings (SSSR count). The first-order valence-electron chi connectivity index (χ1n) is 6.77. The second kappa shape index (κ2) is 6.82. The maximum atomic E-state index is 13.0. The van der Waals surface area contributed by atoms with Crippen molar-refractivity contribution in [3.63, 3.8) is 0 Å². The molecule has 0 unspecified atom stereocenters. The first kappa shape index (κ1) is 14.9. The zero-order valence-electron chi connectivity index (χ0n) is 11.6. The minimum absolute atomic E-state index is 0.105. The van der Waals surface area contributed by atoms with Gasteiger partial charge in [0.2, 0.25) is 0 Å². The molecule has 0 aliphatic rings. The lowest BCUT2D eigenvalue weighted by Crippen LogP contribution is -2.24. The Morgan fingerprint density at radius 1 is 1.14 bits per heavy atom. The molecule has 0 saturated carbocycles. The number of nitriles is 1. The molecule has 0 atom stereocenters. The third kappa shape index (κ3) is 3.36. The van der Waals surface area contributed by atoms with Crippen LogP contribution in [-0.4, -0.2) is 11.1 Å². The molecule has 1 aromatic heterocycles. The summed E-state index contributed by atoms with van der Waals surface area (Å²) in [6.45, 7) is 1.04. The highest BCUT2D eigenvalue weighted by Crippen LogP contribution is 2.19. The Balaban J connectivity index is 2.49. The minimum atomic E-state index is -0.329. The lowest BCUT2D eigenvalue weighted by Gasteiger charge is -2.13. The molecule has 108 valence electrons. The quantitative estimate of drug-likeness (QED) is 0.856. The van der Waals surface area contributed by atoms with Crippen molar-refractivity contribution >= 4 is 0 Å². The Morgan fingerprint density at radius 2 is 1.86 bits per heavy atom. The van der Waals surface area contributed by atoms with Gasteiger partial charge in [-0.3, -0.25) is 4.79 Å². The van der Waals surface area contributed by atoms with Crippen molar-refractivity contribution in [2.45, 2.75) is 19.4 Å². The summed E-state index contributed by atoms with van der Waals surface area (Å²) in [6.07, 6.45) is 1.55. The number of nitrogens with zero attached hydrogens (tertiary/aromatic N) is 2. The highest BCUT2D eigenvalue weighted by molar-refractivity contribution is 5.60. The summed E-state index contributed by atoms with van der Waals surface area (Å²) in [6, 6.07) is 11.1. The number of aromatic nitrogens is 1. The fourth-order valence-corrected chi connectivity index (χ4v) is 2.17. The van der Waals surface area contributed by atoms with Crippen molar-refractivity contribution in [2.24, 2.45) is 5.73 Å². The highest BCUT2D eigenvalue weighted by Gasteiger charge is 2.10. The Labute approximate surface area is 122 Å². The van der Waals surface area contributed by atoms with Crippen molar-refractivity contribution < 1.29 is 4.39 Å². The molecule has 0 radical (unpaired) electrons. The van der Waals surface area contributed by atoms with E-state index in [1.54, 1.807) is 22.8 Å². The van der Waals surface area contributed by atoms with Gasteiger partial charge < -0.3 is 10.3 Å². The fourth-order valence-electron chi connectivity index (χ4n) is 2.17. The maximum absolute atomic E-state index is 13.0. The van der Waals surface area contributed by atoms with Crippen molar-refractivity contribution in [2.75, 3.05) is 6.54 Å². The molecule has 0 saturated heterocycles. The Hall–Kier alpha value is -2.45. The number of unbranched alkanes of at least 4 members (excludes halogenated alkanes) is 1. The van der Waals surface area contributed by atoms with E-state index in [-0.39, 0.29) is 16.9 Å². The molecule has 0 spiro atoms. The van der Waals surface area contributed by atoms with E-state index >= 15 is 0 Å². The van der Waals surface area contributed by atoms with E-state index in [9.17, 15) is 9.18 Å². The topological polar surface area (TPSA) is 71.8 Å². The number of hydrogen-bond donors (Lipinski definition) is 1. The first-order chi connectivity index (χ1) is 10.2. The summed E-state index contributed by atoms with van der Waals surface area (Å²) in [5.41, 5.74) is 6.67. The van der Waals surface area contributed by atoms with Gasteiger partial charge in [0.25, 0.3) is 5.56 Å². The molecule has 1 aromatic carbocycles. The lowest BCUT2D eigenvalue weighted by molar-refractivity contribution is 0.602. The van der Waals surface area contributed by atoms with Crippen LogP contribution in [0.2, 0.25) is 0 Å². The van der Waals surface area contributed by atoms with Crippen LogP contribution in [0.3, 0.4) is 0 Å². The van der Waals surface area contributed by atoms with Gasteiger partial charge in [0.15, 0.2) is 0 Å². The molecular formula is C16H16FN3O. The van der Waals surface area contributed by atoms with E-state index in [1.807, 2.05) is 6.07 Å². The molecule has 2 N–H and O–H groups in total. The normalized spacial score (nSPS) is 10.3. The summed E-state index contributed by atoms with van der Waals surface area (Å²) in [5, 5.41) is 8.98. The predicted molar refractivity (Wildman–Crippen MR) is 79.1 cm³/mol. The maximum Gasteiger partial charge on any atom is 0.268 e. The van der Waals surface area contributed by atoms with Crippen LogP contribution in [0, 0.1) is 17.1 Å². The van der Waals surface area contributed by atoms with Crippen LogP contribution < -0.4 is 11.3 Å². The van der Waals surface area contributed by atoms with Crippen molar-refractivity contribution in [1.29, 1.82) is 5.26 Å². The Morgan fingerprint density at radius 3 is 2.48 bits per heavy atom. The van der Waals surface area contributed by atoms with E-state index in [1.165, 1.54) is 18.2 Å². The van der Waals surface area contributed by atoms with Gasteiger partial charge in [-0.05, 0) is 61.3 Å². The van der Waals surface area contributed by atoms with E-state index in [4.69, 9.17) is 11.0 Å². The monoisotopic (exact) mass is 285 g/mol. The number of benzene rings is 1. The molecule has 4 nitrogen and oxygen atoms in total. The van der Waals surface area contributed by atoms with Crippen LogP contribution in [0.15, 0.2) is 41.2 Å². The Kier molecular flexibility index (Phi) is 4.85. The SMILES string of the molecule is N#Cc1ccc(-c2ccc(F)cc2)n(CCCCN)c1=O. The summed E-state index contributed by atoms with van der Waals surface area (Å²) in [4.78, 5) is 12.3. The largest absolute Gasteiger partial charge is 0.330 e. The van der Waals surface area contributed by atoms with Gasteiger partial charge in [-0.25, -0.2) is 4.39 Å². The van der Waals surface area contributed by atoms with E-state index < -0.39 is 0 Å². The van der Waals surface area contributed by atoms with Gasteiger partial charge in [0.1, 0.15) is 17.4 Å². The molecule has 2 aromatic rings. The van der Waals surface area contributed by atoms with Gasteiger partial charge in [-0.15, -0.1) is 0 Å². The number of hydrogen-bond acceptors (Lipinski definition) is 3. The number of pyridine rings is 1. The van der Waals surface area contributed by atoms with Crippen molar-refractivity contribution in [3.05, 3.63) is 58.1 Å². The van der Waals surface area contributed by atoms with Crippen LogP contribution in [0.1, 0.15) is 18.4 Å². The third-order valence-corrected chi connectivity index (χ3v) is 3.27. The summed E-state index contributed by atoms with van der Waals surface area (Å²) in [7, 11) is 0. The molecule has 0 aliphatic heterocycles. The van der Waals surface area contributed by atoms with Gasteiger partial charge >= 0.3 is 0 Å². The smallest absolute Gasteiger partial charge is 0.268 e. The summed E-state index contributed by atoms with van der Waals surface area (Å²) < 4.78 is 14.6. The zero-order valence-corrected chi connectivity index (χ0v) is 11.6. The molecule has 0 amide bonds. The van der Waals surface area contributed by atoms with Crippen LogP contribution in [0.4, 0.5) is 4.39 Å².